The molecule has 2 N–H and O–H groups in total. The maximum Gasteiger partial charge on any atom is 0.251 e. The van der Waals surface area contributed by atoms with Crippen molar-refractivity contribution in [1.82, 2.24) is 20.1 Å². The summed E-state index contributed by atoms with van der Waals surface area (Å²) < 4.78 is 1.75. The monoisotopic (exact) mass is 312 g/mol. The number of aryl methyl sites for hydroxylation is 1. The molecule has 6 nitrogen and oxygen atoms in total. The van der Waals surface area contributed by atoms with E-state index in [1.54, 1.807) is 23.1 Å². The molecule has 2 aromatic heterocycles. The summed E-state index contributed by atoms with van der Waals surface area (Å²) in [5.74, 6) is 0.410. The molecular formula is C17H20N4O2. The van der Waals surface area contributed by atoms with Gasteiger partial charge in [0, 0.05) is 29.6 Å². The van der Waals surface area contributed by atoms with E-state index in [4.69, 9.17) is 0 Å². The molecule has 2 fully saturated rings. The van der Waals surface area contributed by atoms with Crippen LogP contribution in [0.25, 0.3) is 0 Å². The summed E-state index contributed by atoms with van der Waals surface area (Å²) in [6, 6.07) is 3.32. The number of pyridine rings is 1. The largest absolute Gasteiger partial charge is 0.391 e. The van der Waals surface area contributed by atoms with Crippen molar-refractivity contribution in [3.05, 3.63) is 47.5 Å². The number of hydrogen-bond acceptors (Lipinski definition) is 4. The zero-order valence-corrected chi connectivity index (χ0v) is 13.0. The van der Waals surface area contributed by atoms with Crippen LogP contribution in [0.2, 0.25) is 0 Å². The fourth-order valence-electron chi connectivity index (χ4n) is 3.16. The molecule has 0 spiro atoms. The maximum absolute atomic E-state index is 12.5. The van der Waals surface area contributed by atoms with E-state index >= 15 is 0 Å². The number of aliphatic hydroxyl groups excluding tert-OH is 1. The number of nitrogens with one attached hydrogen (secondary N) is 1. The average Bonchev–Trinajstić information content (AvgIpc) is 3.30. The highest BCUT2D eigenvalue weighted by atomic mass is 16.3. The highest BCUT2D eigenvalue weighted by Crippen LogP contribution is 2.39. The van der Waals surface area contributed by atoms with E-state index in [1.165, 1.54) is 0 Å². The Kier molecular flexibility index (Phi) is 3.41. The van der Waals surface area contributed by atoms with Gasteiger partial charge < -0.3 is 10.4 Å². The Bertz CT molecular complexity index is 738. The Morgan fingerprint density at radius 3 is 2.91 bits per heavy atom. The second kappa shape index (κ2) is 5.45. The van der Waals surface area contributed by atoms with E-state index in [0.717, 1.165) is 24.1 Å². The van der Waals surface area contributed by atoms with Crippen LogP contribution in [0.4, 0.5) is 0 Å². The molecule has 0 aliphatic heterocycles. The van der Waals surface area contributed by atoms with Crippen molar-refractivity contribution in [3.63, 3.8) is 0 Å². The smallest absolute Gasteiger partial charge is 0.251 e. The van der Waals surface area contributed by atoms with Crippen LogP contribution in [0.1, 0.15) is 52.8 Å². The molecule has 23 heavy (non-hydrogen) atoms. The molecular weight excluding hydrogens is 292 g/mol. The summed E-state index contributed by atoms with van der Waals surface area (Å²) >= 11 is 0. The minimum Gasteiger partial charge on any atom is -0.391 e. The van der Waals surface area contributed by atoms with Crippen LogP contribution < -0.4 is 5.32 Å². The summed E-state index contributed by atoms with van der Waals surface area (Å²) in [4.78, 5) is 16.8. The summed E-state index contributed by atoms with van der Waals surface area (Å²) in [7, 11) is 0. The molecule has 0 bridgehead atoms. The lowest BCUT2D eigenvalue weighted by molar-refractivity contribution is -0.00590. The molecule has 2 heterocycles. The molecule has 2 aliphatic carbocycles. The Morgan fingerprint density at radius 1 is 1.43 bits per heavy atom. The van der Waals surface area contributed by atoms with Gasteiger partial charge in [0.05, 0.1) is 24.4 Å². The highest BCUT2D eigenvalue weighted by molar-refractivity contribution is 5.94. The molecule has 0 radical (unpaired) electrons. The van der Waals surface area contributed by atoms with Gasteiger partial charge in [-0.05, 0) is 43.9 Å². The minimum absolute atomic E-state index is 0.102. The number of carbonyl (C=O) groups is 1. The normalized spacial score (nSPS) is 26.6. The standard InChI is InChI=1S/C17H20N4O2/c1-10-8-19-21(9-10)16-14(7-15(16)22)20-17(23)12-4-5-18-13(6-12)11-2-3-11/h4-6,8-9,11,14-16,22H,2-3,7H2,1H3,(H,20,23)/t14-,15+,16+/m0/s1. The van der Waals surface area contributed by atoms with E-state index in [2.05, 4.69) is 15.4 Å². The Labute approximate surface area is 134 Å². The van der Waals surface area contributed by atoms with Crippen molar-refractivity contribution in [3.8, 4) is 0 Å². The lowest BCUT2D eigenvalue weighted by Gasteiger charge is -2.41. The third kappa shape index (κ3) is 2.74. The summed E-state index contributed by atoms with van der Waals surface area (Å²) in [6.45, 7) is 1.96. The second-order valence-corrected chi connectivity index (χ2v) is 6.61. The molecule has 6 heteroatoms. The zero-order valence-electron chi connectivity index (χ0n) is 13.0. The Hall–Kier alpha value is -2.21. The molecule has 0 aromatic carbocycles. The Morgan fingerprint density at radius 2 is 2.26 bits per heavy atom. The van der Waals surface area contributed by atoms with E-state index in [0.29, 0.717) is 17.9 Å². The summed E-state index contributed by atoms with van der Waals surface area (Å²) in [5.41, 5.74) is 2.68. The van der Waals surface area contributed by atoms with Gasteiger partial charge in [-0.25, -0.2) is 0 Å². The first-order valence-electron chi connectivity index (χ1n) is 8.07. The lowest BCUT2D eigenvalue weighted by atomic mass is 9.83. The molecule has 2 aromatic rings. The summed E-state index contributed by atoms with van der Waals surface area (Å²) in [5, 5.41) is 17.3. The van der Waals surface area contributed by atoms with Gasteiger partial charge in [0.2, 0.25) is 0 Å². The third-order valence-electron chi connectivity index (χ3n) is 4.69. The van der Waals surface area contributed by atoms with Crippen LogP contribution >= 0.6 is 0 Å². The molecule has 4 rings (SSSR count). The van der Waals surface area contributed by atoms with Crippen LogP contribution in [0.3, 0.4) is 0 Å². The van der Waals surface area contributed by atoms with Crippen LogP contribution in [0.5, 0.6) is 0 Å². The van der Waals surface area contributed by atoms with Gasteiger partial charge in [0.1, 0.15) is 0 Å². The van der Waals surface area contributed by atoms with Crippen LogP contribution in [0.15, 0.2) is 30.7 Å². The van der Waals surface area contributed by atoms with Gasteiger partial charge in [-0.1, -0.05) is 0 Å². The maximum atomic E-state index is 12.5. The number of carbonyl (C=O) groups excluding carboxylic acids is 1. The van der Waals surface area contributed by atoms with Crippen molar-refractivity contribution in [1.29, 1.82) is 0 Å². The quantitative estimate of drug-likeness (QED) is 0.898. The topological polar surface area (TPSA) is 80.0 Å². The highest BCUT2D eigenvalue weighted by Gasteiger charge is 2.42. The Balaban J connectivity index is 1.47. The van der Waals surface area contributed by atoms with E-state index < -0.39 is 6.10 Å². The van der Waals surface area contributed by atoms with E-state index in [1.807, 2.05) is 19.2 Å². The number of hydrogen-bond donors (Lipinski definition) is 2. The van der Waals surface area contributed by atoms with Crippen LogP contribution in [0, 0.1) is 6.92 Å². The van der Waals surface area contributed by atoms with Gasteiger partial charge in [-0.2, -0.15) is 5.10 Å². The van der Waals surface area contributed by atoms with Crippen molar-refractivity contribution in [2.75, 3.05) is 0 Å². The fourth-order valence-corrected chi connectivity index (χ4v) is 3.16. The lowest BCUT2D eigenvalue weighted by Crippen LogP contribution is -2.56. The number of amides is 1. The fraction of sp³-hybridized carbons (Fsp3) is 0.471. The minimum atomic E-state index is -0.473. The number of aromatic nitrogens is 3. The van der Waals surface area contributed by atoms with Crippen molar-refractivity contribution in [2.24, 2.45) is 0 Å². The van der Waals surface area contributed by atoms with Gasteiger partial charge in [-0.3, -0.25) is 14.5 Å². The first-order chi connectivity index (χ1) is 11.1. The zero-order chi connectivity index (χ0) is 16.0. The van der Waals surface area contributed by atoms with Crippen molar-refractivity contribution >= 4 is 5.91 Å². The van der Waals surface area contributed by atoms with Crippen LogP contribution in [-0.2, 0) is 0 Å². The van der Waals surface area contributed by atoms with E-state index in [-0.39, 0.29) is 18.0 Å². The number of aliphatic hydroxyl groups is 1. The molecule has 2 aliphatic rings. The average molecular weight is 312 g/mol. The van der Waals surface area contributed by atoms with E-state index in [9.17, 15) is 9.90 Å². The summed E-state index contributed by atoms with van der Waals surface area (Å²) in [6.07, 6.45) is 7.75. The SMILES string of the molecule is Cc1cnn([C@H]2[C@H](O)C[C@@H]2NC(=O)c2ccnc(C3CC3)c2)c1. The predicted octanol–water partition coefficient (Wildman–Crippen LogP) is 1.57. The first-order valence-corrected chi connectivity index (χ1v) is 8.07. The van der Waals surface area contributed by atoms with Crippen LogP contribution in [-0.4, -0.2) is 37.9 Å². The predicted molar refractivity (Wildman–Crippen MR) is 84.1 cm³/mol. The third-order valence-corrected chi connectivity index (χ3v) is 4.69. The van der Waals surface area contributed by atoms with Crippen molar-refractivity contribution in [2.45, 2.75) is 50.3 Å². The second-order valence-electron chi connectivity index (χ2n) is 6.61. The van der Waals surface area contributed by atoms with Gasteiger partial charge >= 0.3 is 0 Å². The van der Waals surface area contributed by atoms with Gasteiger partial charge in [0.25, 0.3) is 5.91 Å². The molecule has 1 amide bonds. The van der Waals surface area contributed by atoms with Gasteiger partial charge in [-0.15, -0.1) is 0 Å². The van der Waals surface area contributed by atoms with Gasteiger partial charge in [0.15, 0.2) is 0 Å². The number of nitrogens with zero attached hydrogens (tertiary/aromatic N) is 3. The molecule has 0 saturated heterocycles. The molecule has 0 unspecified atom stereocenters. The number of rotatable bonds is 4. The van der Waals surface area contributed by atoms with Crippen molar-refractivity contribution < 1.29 is 9.90 Å². The molecule has 2 saturated carbocycles. The molecule has 3 atom stereocenters. The molecule has 120 valence electrons. The first kappa shape index (κ1) is 14.4.